The Bertz CT molecular complexity index is 385. The first-order valence-electron chi connectivity index (χ1n) is 6.87. The van der Waals surface area contributed by atoms with Crippen molar-refractivity contribution in [1.29, 1.82) is 0 Å². The fourth-order valence-electron chi connectivity index (χ4n) is 1.68. The molecule has 0 saturated heterocycles. The van der Waals surface area contributed by atoms with Crippen molar-refractivity contribution in [2.24, 2.45) is 0 Å². The molecule has 0 aromatic heterocycles. The lowest BCUT2D eigenvalue weighted by Crippen LogP contribution is -2.22. The van der Waals surface area contributed by atoms with E-state index in [0.29, 0.717) is 13.2 Å². The van der Waals surface area contributed by atoms with Gasteiger partial charge in [0.15, 0.2) is 11.5 Å². The van der Waals surface area contributed by atoms with E-state index in [1.807, 2.05) is 31.2 Å². The minimum atomic E-state index is 0.638. The number of terminal acetylenes is 1. The molecule has 0 heterocycles. The fourth-order valence-corrected chi connectivity index (χ4v) is 1.68. The SMILES string of the molecule is C#CCCCCNCCOc1ccccc1OCC. The lowest BCUT2D eigenvalue weighted by molar-refractivity contribution is 0.276. The molecule has 0 spiro atoms. The van der Waals surface area contributed by atoms with Crippen LogP contribution >= 0.6 is 0 Å². The van der Waals surface area contributed by atoms with Gasteiger partial charge in [-0.1, -0.05) is 12.1 Å². The number of benzene rings is 1. The minimum Gasteiger partial charge on any atom is -0.490 e. The average Bonchev–Trinajstić information content (AvgIpc) is 2.44. The lowest BCUT2D eigenvalue weighted by Gasteiger charge is -2.11. The second-order valence-electron chi connectivity index (χ2n) is 4.14. The van der Waals surface area contributed by atoms with Crippen LogP contribution in [0.2, 0.25) is 0 Å². The highest BCUT2D eigenvalue weighted by Crippen LogP contribution is 2.25. The zero-order chi connectivity index (χ0) is 13.8. The Balaban J connectivity index is 2.14. The fraction of sp³-hybridized carbons (Fsp3) is 0.500. The van der Waals surface area contributed by atoms with Crippen LogP contribution in [0.4, 0.5) is 0 Å². The summed E-state index contributed by atoms with van der Waals surface area (Å²) >= 11 is 0. The first kappa shape index (κ1) is 15.4. The van der Waals surface area contributed by atoms with Crippen LogP contribution in [-0.4, -0.2) is 26.3 Å². The lowest BCUT2D eigenvalue weighted by atomic mass is 10.2. The summed E-state index contributed by atoms with van der Waals surface area (Å²) in [7, 11) is 0. The molecule has 0 unspecified atom stereocenters. The molecule has 0 atom stereocenters. The summed E-state index contributed by atoms with van der Waals surface area (Å²) in [6, 6.07) is 7.75. The van der Waals surface area contributed by atoms with Gasteiger partial charge in [0.2, 0.25) is 0 Å². The summed E-state index contributed by atoms with van der Waals surface area (Å²) in [5, 5.41) is 3.33. The normalized spacial score (nSPS) is 9.89. The number of rotatable bonds is 10. The maximum atomic E-state index is 5.70. The van der Waals surface area contributed by atoms with Gasteiger partial charge >= 0.3 is 0 Å². The van der Waals surface area contributed by atoms with Crippen LogP contribution in [0, 0.1) is 12.3 Å². The second kappa shape index (κ2) is 10.3. The predicted molar refractivity (Wildman–Crippen MR) is 78.7 cm³/mol. The van der Waals surface area contributed by atoms with E-state index < -0.39 is 0 Å². The first-order valence-corrected chi connectivity index (χ1v) is 6.87. The van der Waals surface area contributed by atoms with Crippen LogP contribution in [0.3, 0.4) is 0 Å². The number of nitrogens with one attached hydrogen (secondary N) is 1. The van der Waals surface area contributed by atoms with Gasteiger partial charge in [-0.05, 0) is 38.4 Å². The molecular weight excluding hydrogens is 238 g/mol. The van der Waals surface area contributed by atoms with Gasteiger partial charge in [0.05, 0.1) is 6.61 Å². The summed E-state index contributed by atoms with van der Waals surface area (Å²) < 4.78 is 11.2. The third-order valence-corrected chi connectivity index (χ3v) is 2.61. The molecule has 0 amide bonds. The molecule has 1 N–H and O–H groups in total. The highest BCUT2D eigenvalue weighted by atomic mass is 16.5. The molecule has 0 bridgehead atoms. The van der Waals surface area contributed by atoms with E-state index in [1.54, 1.807) is 0 Å². The molecule has 3 nitrogen and oxygen atoms in total. The van der Waals surface area contributed by atoms with Gasteiger partial charge in [0.1, 0.15) is 6.61 Å². The van der Waals surface area contributed by atoms with E-state index in [2.05, 4.69) is 11.2 Å². The Labute approximate surface area is 116 Å². The van der Waals surface area contributed by atoms with Crippen LogP contribution in [0.1, 0.15) is 26.2 Å². The highest BCUT2D eigenvalue weighted by molar-refractivity contribution is 5.39. The quantitative estimate of drug-likeness (QED) is 0.519. The summed E-state index contributed by atoms with van der Waals surface area (Å²) in [5.74, 6) is 4.25. The molecule has 1 rings (SSSR count). The van der Waals surface area contributed by atoms with Crippen molar-refractivity contribution >= 4 is 0 Å². The summed E-state index contributed by atoms with van der Waals surface area (Å²) in [4.78, 5) is 0. The van der Waals surface area contributed by atoms with Gasteiger partial charge in [-0.2, -0.15) is 0 Å². The van der Waals surface area contributed by atoms with Crippen molar-refractivity contribution in [3.8, 4) is 23.8 Å². The molecule has 19 heavy (non-hydrogen) atoms. The van der Waals surface area contributed by atoms with Crippen LogP contribution in [0.5, 0.6) is 11.5 Å². The van der Waals surface area contributed by atoms with E-state index in [0.717, 1.165) is 43.9 Å². The molecule has 3 heteroatoms. The van der Waals surface area contributed by atoms with Crippen molar-refractivity contribution in [2.75, 3.05) is 26.3 Å². The number of unbranched alkanes of at least 4 members (excludes halogenated alkanes) is 2. The zero-order valence-electron chi connectivity index (χ0n) is 11.7. The third kappa shape index (κ3) is 6.73. The predicted octanol–water partition coefficient (Wildman–Crippen LogP) is 2.86. The molecular formula is C16H23NO2. The summed E-state index contributed by atoms with van der Waals surface area (Å²) in [6.07, 6.45) is 8.24. The van der Waals surface area contributed by atoms with Crippen molar-refractivity contribution in [1.82, 2.24) is 5.32 Å². The molecule has 0 aliphatic heterocycles. The van der Waals surface area contributed by atoms with E-state index in [-0.39, 0.29) is 0 Å². The average molecular weight is 261 g/mol. The van der Waals surface area contributed by atoms with Gasteiger partial charge in [-0.15, -0.1) is 12.3 Å². The van der Waals surface area contributed by atoms with Gasteiger partial charge in [0.25, 0.3) is 0 Å². The smallest absolute Gasteiger partial charge is 0.161 e. The van der Waals surface area contributed by atoms with E-state index in [1.165, 1.54) is 0 Å². The van der Waals surface area contributed by atoms with Crippen LogP contribution in [-0.2, 0) is 0 Å². The van der Waals surface area contributed by atoms with Gasteiger partial charge in [-0.25, -0.2) is 0 Å². The van der Waals surface area contributed by atoms with Gasteiger partial charge < -0.3 is 14.8 Å². The summed E-state index contributed by atoms with van der Waals surface area (Å²) in [5.41, 5.74) is 0. The Morgan fingerprint density at radius 1 is 1.11 bits per heavy atom. The highest BCUT2D eigenvalue weighted by Gasteiger charge is 2.02. The topological polar surface area (TPSA) is 30.5 Å². The first-order chi connectivity index (χ1) is 9.38. The zero-order valence-corrected chi connectivity index (χ0v) is 11.7. The number of hydrogen-bond acceptors (Lipinski definition) is 3. The molecule has 0 radical (unpaired) electrons. The van der Waals surface area contributed by atoms with Gasteiger partial charge in [-0.3, -0.25) is 0 Å². The molecule has 104 valence electrons. The van der Waals surface area contributed by atoms with E-state index in [4.69, 9.17) is 15.9 Å². The molecule has 1 aromatic carbocycles. The maximum Gasteiger partial charge on any atom is 0.161 e. The second-order valence-corrected chi connectivity index (χ2v) is 4.14. The molecule has 0 aliphatic carbocycles. The molecule has 0 fully saturated rings. The molecule has 0 saturated carbocycles. The Kier molecular flexibility index (Phi) is 8.33. The Morgan fingerprint density at radius 2 is 1.84 bits per heavy atom. The Morgan fingerprint density at radius 3 is 2.53 bits per heavy atom. The standard InChI is InChI=1S/C16H23NO2/c1-3-5-6-9-12-17-13-14-19-16-11-8-7-10-15(16)18-4-2/h1,7-8,10-11,17H,4-6,9,12-14H2,2H3. The molecule has 1 aromatic rings. The number of para-hydroxylation sites is 2. The van der Waals surface area contributed by atoms with Crippen LogP contribution in [0.25, 0.3) is 0 Å². The van der Waals surface area contributed by atoms with E-state index in [9.17, 15) is 0 Å². The van der Waals surface area contributed by atoms with Crippen molar-refractivity contribution in [2.45, 2.75) is 26.2 Å². The molecule has 0 aliphatic rings. The van der Waals surface area contributed by atoms with E-state index >= 15 is 0 Å². The largest absolute Gasteiger partial charge is 0.490 e. The van der Waals surface area contributed by atoms with Crippen molar-refractivity contribution in [3.05, 3.63) is 24.3 Å². The van der Waals surface area contributed by atoms with Gasteiger partial charge in [0, 0.05) is 13.0 Å². The number of ether oxygens (including phenoxy) is 2. The third-order valence-electron chi connectivity index (χ3n) is 2.61. The Hall–Kier alpha value is -1.66. The minimum absolute atomic E-state index is 0.638. The summed E-state index contributed by atoms with van der Waals surface area (Å²) in [6.45, 7) is 5.07. The van der Waals surface area contributed by atoms with Crippen molar-refractivity contribution < 1.29 is 9.47 Å². The van der Waals surface area contributed by atoms with Crippen LogP contribution < -0.4 is 14.8 Å². The van der Waals surface area contributed by atoms with Crippen molar-refractivity contribution in [3.63, 3.8) is 0 Å². The number of hydrogen-bond donors (Lipinski definition) is 1. The maximum absolute atomic E-state index is 5.70. The monoisotopic (exact) mass is 261 g/mol. The van der Waals surface area contributed by atoms with Crippen LogP contribution in [0.15, 0.2) is 24.3 Å².